The van der Waals surface area contributed by atoms with E-state index < -0.39 is 11.9 Å². The van der Waals surface area contributed by atoms with Gasteiger partial charge in [0, 0.05) is 9.13 Å². The first kappa shape index (κ1) is 16.0. The Hall–Kier alpha value is -1.83. The highest BCUT2D eigenvalue weighted by Gasteiger charge is 2.35. The second-order valence-electron chi connectivity index (χ2n) is 5.17. The molecule has 6 heteroatoms. The van der Waals surface area contributed by atoms with Crippen LogP contribution in [0.2, 0.25) is 0 Å². The van der Waals surface area contributed by atoms with Crippen LogP contribution >= 0.6 is 22.6 Å². The minimum Gasteiger partial charge on any atom is -0.233 e. The molecule has 0 spiro atoms. The lowest BCUT2D eigenvalue weighted by atomic mass is 10.1. The first-order valence-electron chi connectivity index (χ1n) is 6.85. The second kappa shape index (κ2) is 5.99. The summed E-state index contributed by atoms with van der Waals surface area (Å²) in [6.45, 7) is 1.92. The zero-order valence-electron chi connectivity index (χ0n) is 12.1. The van der Waals surface area contributed by atoms with Crippen molar-refractivity contribution in [2.45, 2.75) is 13.1 Å². The maximum atomic E-state index is 13.1. The lowest BCUT2D eigenvalue weighted by Crippen LogP contribution is -2.07. The van der Waals surface area contributed by atoms with Gasteiger partial charge in [0.15, 0.2) is 5.69 Å². The topological polar surface area (TPSA) is 17.8 Å². The number of rotatable bonds is 2. The molecule has 0 unspecified atom stereocenters. The first-order chi connectivity index (χ1) is 10.8. The van der Waals surface area contributed by atoms with Gasteiger partial charge < -0.3 is 0 Å². The number of nitrogens with zero attached hydrogens (tertiary/aromatic N) is 2. The van der Waals surface area contributed by atoms with Gasteiger partial charge in [0.25, 0.3) is 0 Å². The van der Waals surface area contributed by atoms with Crippen LogP contribution in [0.15, 0.2) is 54.6 Å². The van der Waals surface area contributed by atoms with Crippen molar-refractivity contribution in [2.75, 3.05) is 0 Å². The van der Waals surface area contributed by atoms with Crippen molar-refractivity contribution in [1.29, 1.82) is 0 Å². The molecule has 118 valence electrons. The molecule has 1 heterocycles. The zero-order valence-corrected chi connectivity index (χ0v) is 14.3. The predicted molar refractivity (Wildman–Crippen MR) is 91.5 cm³/mol. The molecule has 2 aromatic carbocycles. The Morgan fingerprint density at radius 1 is 0.957 bits per heavy atom. The molecular formula is C17H12F3IN2. The molecular weight excluding hydrogens is 416 g/mol. The molecule has 3 rings (SSSR count). The van der Waals surface area contributed by atoms with E-state index >= 15 is 0 Å². The van der Waals surface area contributed by atoms with E-state index in [0.29, 0.717) is 16.9 Å². The van der Waals surface area contributed by atoms with Crippen LogP contribution in [0.25, 0.3) is 16.9 Å². The number of alkyl halides is 3. The molecule has 0 aliphatic rings. The number of aryl methyl sites for hydroxylation is 1. The van der Waals surface area contributed by atoms with Crippen molar-refractivity contribution < 1.29 is 13.2 Å². The summed E-state index contributed by atoms with van der Waals surface area (Å²) in [5.74, 6) is 0. The third-order valence-corrected chi connectivity index (χ3v) is 4.14. The van der Waals surface area contributed by atoms with Crippen molar-refractivity contribution in [3.05, 3.63) is 69.4 Å². The van der Waals surface area contributed by atoms with E-state index in [0.717, 1.165) is 15.2 Å². The molecule has 0 aliphatic heterocycles. The van der Waals surface area contributed by atoms with Crippen molar-refractivity contribution in [1.82, 2.24) is 9.78 Å². The maximum Gasteiger partial charge on any atom is 0.435 e. The lowest BCUT2D eigenvalue weighted by Gasteiger charge is -2.08. The van der Waals surface area contributed by atoms with Gasteiger partial charge in [0.1, 0.15) is 0 Å². The van der Waals surface area contributed by atoms with Crippen LogP contribution in [0.5, 0.6) is 0 Å². The van der Waals surface area contributed by atoms with Gasteiger partial charge in [-0.05, 0) is 59.8 Å². The summed E-state index contributed by atoms with van der Waals surface area (Å²) >= 11 is 2.16. The third kappa shape index (κ3) is 3.41. The molecule has 0 saturated carbocycles. The van der Waals surface area contributed by atoms with Crippen LogP contribution in [0.3, 0.4) is 0 Å². The van der Waals surface area contributed by atoms with Crippen LogP contribution in [0.1, 0.15) is 11.3 Å². The monoisotopic (exact) mass is 428 g/mol. The van der Waals surface area contributed by atoms with Gasteiger partial charge in [-0.1, -0.05) is 29.8 Å². The molecule has 0 radical (unpaired) electrons. The summed E-state index contributed by atoms with van der Waals surface area (Å²) in [6.07, 6.45) is -4.48. The van der Waals surface area contributed by atoms with E-state index in [2.05, 4.69) is 27.7 Å². The molecule has 0 atom stereocenters. The number of benzene rings is 2. The Balaban J connectivity index is 2.18. The summed E-state index contributed by atoms with van der Waals surface area (Å²) in [6, 6.07) is 15.6. The molecule has 0 amide bonds. The van der Waals surface area contributed by atoms with E-state index in [1.807, 2.05) is 31.2 Å². The fourth-order valence-electron chi connectivity index (χ4n) is 2.23. The van der Waals surface area contributed by atoms with E-state index in [9.17, 15) is 13.2 Å². The van der Waals surface area contributed by atoms with Crippen LogP contribution in [0, 0.1) is 10.5 Å². The minimum atomic E-state index is -4.48. The lowest BCUT2D eigenvalue weighted by molar-refractivity contribution is -0.141. The number of hydrogen-bond donors (Lipinski definition) is 0. The van der Waals surface area contributed by atoms with Crippen LogP contribution in [-0.4, -0.2) is 9.78 Å². The normalized spacial score (nSPS) is 11.7. The smallest absolute Gasteiger partial charge is 0.233 e. The first-order valence-corrected chi connectivity index (χ1v) is 7.93. The van der Waals surface area contributed by atoms with Gasteiger partial charge in [-0.3, -0.25) is 0 Å². The number of hydrogen-bond acceptors (Lipinski definition) is 1. The average Bonchev–Trinajstić information content (AvgIpc) is 2.94. The predicted octanol–water partition coefficient (Wildman–Crippen LogP) is 5.47. The third-order valence-electron chi connectivity index (χ3n) is 3.42. The number of halogens is 4. The van der Waals surface area contributed by atoms with E-state index in [1.165, 1.54) is 4.68 Å². The minimum absolute atomic E-state index is 0.414. The summed E-state index contributed by atoms with van der Waals surface area (Å²) < 4.78 is 41.5. The summed E-state index contributed by atoms with van der Waals surface area (Å²) in [7, 11) is 0. The van der Waals surface area contributed by atoms with E-state index in [1.54, 1.807) is 24.3 Å². The quantitative estimate of drug-likeness (QED) is 0.495. The fraction of sp³-hybridized carbons (Fsp3) is 0.118. The molecule has 0 saturated heterocycles. The molecule has 2 nitrogen and oxygen atoms in total. The van der Waals surface area contributed by atoms with Crippen LogP contribution in [-0.2, 0) is 6.18 Å². The van der Waals surface area contributed by atoms with Gasteiger partial charge >= 0.3 is 6.18 Å². The van der Waals surface area contributed by atoms with Crippen LogP contribution < -0.4 is 0 Å². The maximum absolute atomic E-state index is 13.1. The summed E-state index contributed by atoms with van der Waals surface area (Å²) in [5, 5.41) is 3.77. The van der Waals surface area contributed by atoms with Gasteiger partial charge in [-0.2, -0.15) is 18.3 Å². The summed E-state index contributed by atoms with van der Waals surface area (Å²) in [4.78, 5) is 0. The average molecular weight is 428 g/mol. The Labute approximate surface area is 145 Å². The molecule has 0 bridgehead atoms. The molecule has 0 N–H and O–H groups in total. The Bertz CT molecular complexity index is 756. The van der Waals surface area contributed by atoms with Crippen molar-refractivity contribution in [2.24, 2.45) is 0 Å². The second-order valence-corrected chi connectivity index (χ2v) is 6.41. The van der Waals surface area contributed by atoms with Gasteiger partial charge in [-0.15, -0.1) is 0 Å². The van der Waals surface area contributed by atoms with Crippen molar-refractivity contribution in [3.63, 3.8) is 0 Å². The molecule has 0 aliphatic carbocycles. The van der Waals surface area contributed by atoms with Gasteiger partial charge in [0.2, 0.25) is 0 Å². The zero-order chi connectivity index (χ0) is 16.6. The molecule has 3 aromatic rings. The van der Waals surface area contributed by atoms with Crippen LogP contribution in [0.4, 0.5) is 13.2 Å². The Morgan fingerprint density at radius 3 is 2.13 bits per heavy atom. The van der Waals surface area contributed by atoms with Gasteiger partial charge in [0.05, 0.1) is 11.4 Å². The largest absolute Gasteiger partial charge is 0.435 e. The molecule has 1 aromatic heterocycles. The summed E-state index contributed by atoms with van der Waals surface area (Å²) in [5.41, 5.74) is 1.84. The Kier molecular flexibility index (Phi) is 4.18. The fourth-order valence-corrected chi connectivity index (χ4v) is 2.59. The standard InChI is InChI=1S/C17H12F3IN2/c1-11-2-8-14(9-3-11)23-15(10-16(22-23)17(18,19)20)12-4-6-13(21)7-5-12/h2-10H,1H3. The van der Waals surface area contributed by atoms with E-state index in [4.69, 9.17) is 0 Å². The molecule has 0 fully saturated rings. The Morgan fingerprint density at radius 2 is 1.57 bits per heavy atom. The SMILES string of the molecule is Cc1ccc(-n2nc(C(F)(F)F)cc2-c2ccc(I)cc2)cc1. The van der Waals surface area contributed by atoms with Crippen molar-refractivity contribution >= 4 is 22.6 Å². The highest BCUT2D eigenvalue weighted by molar-refractivity contribution is 14.1. The van der Waals surface area contributed by atoms with Crippen molar-refractivity contribution in [3.8, 4) is 16.9 Å². The van der Waals surface area contributed by atoms with E-state index in [-0.39, 0.29) is 0 Å². The number of aromatic nitrogens is 2. The highest BCUT2D eigenvalue weighted by atomic mass is 127. The van der Waals surface area contributed by atoms with Gasteiger partial charge in [-0.25, -0.2) is 4.68 Å². The highest BCUT2D eigenvalue weighted by Crippen LogP contribution is 2.33. The molecule has 23 heavy (non-hydrogen) atoms.